The van der Waals surface area contributed by atoms with Crippen LogP contribution in [0.5, 0.6) is 0 Å². The van der Waals surface area contributed by atoms with Gasteiger partial charge >= 0.3 is 0 Å². The van der Waals surface area contributed by atoms with Crippen molar-refractivity contribution in [3.63, 3.8) is 0 Å². The van der Waals surface area contributed by atoms with E-state index >= 15 is 0 Å². The summed E-state index contributed by atoms with van der Waals surface area (Å²) in [6.45, 7) is 5.57. The van der Waals surface area contributed by atoms with Gasteiger partial charge in [-0.3, -0.25) is 4.68 Å². The summed E-state index contributed by atoms with van der Waals surface area (Å²) in [6.07, 6.45) is 7.55. The number of nitrogen functional groups attached to an aromatic ring is 1. The topological polar surface area (TPSA) is 72.9 Å². The number of likely N-dealkylation sites (tertiary alicyclic amines) is 1. The van der Waals surface area contributed by atoms with Crippen LogP contribution in [0.3, 0.4) is 0 Å². The average molecular weight is 307 g/mol. The van der Waals surface area contributed by atoms with Gasteiger partial charge in [0.05, 0.1) is 29.2 Å². The molecular formula is C14H19ClN6. The Hall–Kier alpha value is -1.66. The van der Waals surface area contributed by atoms with Gasteiger partial charge in [-0.25, -0.2) is 9.97 Å². The van der Waals surface area contributed by atoms with Crippen LogP contribution in [-0.4, -0.2) is 44.3 Å². The minimum absolute atomic E-state index is 0.221. The Bertz CT molecular complexity index is 618. The van der Waals surface area contributed by atoms with Gasteiger partial charge in [0.1, 0.15) is 0 Å². The number of halogens is 1. The molecule has 0 radical (unpaired) electrons. The molecule has 0 aliphatic carbocycles. The Morgan fingerprint density at radius 1 is 1.33 bits per heavy atom. The molecule has 0 unspecified atom stereocenters. The Balaban J connectivity index is 1.79. The second-order valence-corrected chi connectivity index (χ2v) is 5.71. The van der Waals surface area contributed by atoms with Crippen molar-refractivity contribution in [1.29, 1.82) is 0 Å². The van der Waals surface area contributed by atoms with E-state index in [0.717, 1.165) is 38.0 Å². The van der Waals surface area contributed by atoms with E-state index in [1.165, 1.54) is 6.20 Å². The first-order valence-electron chi connectivity index (χ1n) is 7.22. The summed E-state index contributed by atoms with van der Waals surface area (Å²) < 4.78 is 2.02. The standard InChI is InChI=1S/C14H19ClN6/c1-2-20-5-3-11(4-6-20)21-9-10(7-18-21)13-12(15)8-17-14(16)19-13/h7-9,11H,2-6H2,1H3,(H2,16,17,19). The van der Waals surface area contributed by atoms with Gasteiger partial charge in [0, 0.05) is 24.8 Å². The molecule has 1 aliphatic heterocycles. The fourth-order valence-corrected chi connectivity index (χ4v) is 2.94. The summed E-state index contributed by atoms with van der Waals surface area (Å²) in [5, 5.41) is 4.97. The van der Waals surface area contributed by atoms with Crippen LogP contribution < -0.4 is 5.73 Å². The SMILES string of the molecule is CCN1CCC(n2cc(-c3nc(N)ncc3Cl)cn2)CC1. The molecule has 0 aromatic carbocycles. The lowest BCUT2D eigenvalue weighted by atomic mass is 10.1. The van der Waals surface area contributed by atoms with Crippen molar-refractivity contribution < 1.29 is 0 Å². The maximum Gasteiger partial charge on any atom is 0.220 e. The average Bonchev–Trinajstić information content (AvgIpc) is 2.99. The second-order valence-electron chi connectivity index (χ2n) is 5.30. The van der Waals surface area contributed by atoms with Crippen LogP contribution in [-0.2, 0) is 0 Å². The van der Waals surface area contributed by atoms with Gasteiger partial charge in [-0.1, -0.05) is 18.5 Å². The lowest BCUT2D eigenvalue weighted by molar-refractivity contribution is 0.187. The Kier molecular flexibility index (Phi) is 4.07. The number of rotatable bonds is 3. The van der Waals surface area contributed by atoms with E-state index in [4.69, 9.17) is 17.3 Å². The first kappa shape index (κ1) is 14.3. The quantitative estimate of drug-likeness (QED) is 0.941. The number of hydrogen-bond acceptors (Lipinski definition) is 5. The highest BCUT2D eigenvalue weighted by Crippen LogP contribution is 2.28. The van der Waals surface area contributed by atoms with Crippen LogP contribution in [0.25, 0.3) is 11.3 Å². The largest absolute Gasteiger partial charge is 0.368 e. The van der Waals surface area contributed by atoms with Gasteiger partial charge in [-0.15, -0.1) is 0 Å². The molecule has 0 atom stereocenters. The van der Waals surface area contributed by atoms with Gasteiger partial charge in [-0.05, 0) is 19.4 Å². The normalized spacial score (nSPS) is 17.2. The highest BCUT2D eigenvalue weighted by Gasteiger charge is 2.20. The molecule has 21 heavy (non-hydrogen) atoms. The number of piperidine rings is 1. The lowest BCUT2D eigenvalue weighted by Crippen LogP contribution is -2.34. The zero-order chi connectivity index (χ0) is 14.8. The fourth-order valence-electron chi connectivity index (χ4n) is 2.74. The van der Waals surface area contributed by atoms with Crippen molar-refractivity contribution >= 4 is 17.5 Å². The number of anilines is 1. The van der Waals surface area contributed by atoms with E-state index < -0.39 is 0 Å². The molecule has 3 heterocycles. The zero-order valence-corrected chi connectivity index (χ0v) is 12.8. The monoisotopic (exact) mass is 306 g/mol. The smallest absolute Gasteiger partial charge is 0.220 e. The highest BCUT2D eigenvalue weighted by atomic mass is 35.5. The van der Waals surface area contributed by atoms with E-state index in [1.54, 1.807) is 6.20 Å². The minimum atomic E-state index is 0.221. The summed E-state index contributed by atoms with van der Waals surface area (Å²) in [5.41, 5.74) is 7.15. The summed E-state index contributed by atoms with van der Waals surface area (Å²) in [4.78, 5) is 10.5. The molecule has 0 spiro atoms. The summed E-state index contributed by atoms with van der Waals surface area (Å²) in [6, 6.07) is 0.444. The highest BCUT2D eigenvalue weighted by molar-refractivity contribution is 6.32. The molecule has 1 fully saturated rings. The third-order valence-electron chi connectivity index (χ3n) is 4.02. The maximum absolute atomic E-state index is 6.14. The number of aromatic nitrogens is 4. The third kappa shape index (κ3) is 3.01. The molecule has 1 aliphatic rings. The van der Waals surface area contributed by atoms with Gasteiger partial charge in [-0.2, -0.15) is 5.10 Å². The van der Waals surface area contributed by atoms with Crippen molar-refractivity contribution in [2.24, 2.45) is 0 Å². The molecule has 0 bridgehead atoms. The molecule has 0 saturated carbocycles. The van der Waals surface area contributed by atoms with Crippen LogP contribution in [0.4, 0.5) is 5.95 Å². The molecule has 0 amide bonds. The van der Waals surface area contributed by atoms with Crippen LogP contribution in [0.1, 0.15) is 25.8 Å². The van der Waals surface area contributed by atoms with Crippen molar-refractivity contribution in [3.05, 3.63) is 23.6 Å². The van der Waals surface area contributed by atoms with Gasteiger partial charge in [0.2, 0.25) is 5.95 Å². The zero-order valence-electron chi connectivity index (χ0n) is 12.0. The third-order valence-corrected chi connectivity index (χ3v) is 4.29. The van der Waals surface area contributed by atoms with Crippen molar-refractivity contribution in [3.8, 4) is 11.3 Å². The van der Waals surface area contributed by atoms with E-state index in [1.807, 2.05) is 10.9 Å². The molecule has 2 N–H and O–H groups in total. The van der Waals surface area contributed by atoms with Crippen LogP contribution in [0.2, 0.25) is 5.02 Å². The van der Waals surface area contributed by atoms with E-state index in [0.29, 0.717) is 16.8 Å². The molecule has 112 valence electrons. The Morgan fingerprint density at radius 2 is 2.10 bits per heavy atom. The van der Waals surface area contributed by atoms with E-state index in [2.05, 4.69) is 26.9 Å². The minimum Gasteiger partial charge on any atom is -0.368 e. The van der Waals surface area contributed by atoms with E-state index in [9.17, 15) is 0 Å². The predicted molar refractivity (Wildman–Crippen MR) is 83.1 cm³/mol. The van der Waals surface area contributed by atoms with Gasteiger partial charge < -0.3 is 10.6 Å². The van der Waals surface area contributed by atoms with Gasteiger partial charge in [0.15, 0.2) is 0 Å². The fraction of sp³-hybridized carbons (Fsp3) is 0.500. The van der Waals surface area contributed by atoms with E-state index in [-0.39, 0.29) is 5.95 Å². The summed E-state index contributed by atoms with van der Waals surface area (Å²) in [5.74, 6) is 0.221. The van der Waals surface area contributed by atoms with Gasteiger partial charge in [0.25, 0.3) is 0 Å². The molecule has 2 aromatic heterocycles. The Morgan fingerprint density at radius 3 is 2.81 bits per heavy atom. The van der Waals surface area contributed by atoms with Crippen LogP contribution in [0.15, 0.2) is 18.6 Å². The van der Waals surface area contributed by atoms with Crippen molar-refractivity contribution in [1.82, 2.24) is 24.6 Å². The summed E-state index contributed by atoms with van der Waals surface area (Å²) >= 11 is 6.14. The van der Waals surface area contributed by atoms with Crippen molar-refractivity contribution in [2.45, 2.75) is 25.8 Å². The number of hydrogen-bond donors (Lipinski definition) is 1. The lowest BCUT2D eigenvalue weighted by Gasteiger charge is -2.31. The predicted octanol–water partition coefficient (Wildman–Crippen LogP) is 2.23. The second kappa shape index (κ2) is 5.99. The molecule has 6 nitrogen and oxygen atoms in total. The molecule has 2 aromatic rings. The van der Waals surface area contributed by atoms with Crippen LogP contribution in [0, 0.1) is 0 Å². The molecule has 3 rings (SSSR count). The molecule has 1 saturated heterocycles. The first-order chi connectivity index (χ1) is 10.2. The number of nitrogens with two attached hydrogens (primary N) is 1. The number of nitrogens with zero attached hydrogens (tertiary/aromatic N) is 5. The van der Waals surface area contributed by atoms with Crippen molar-refractivity contribution in [2.75, 3.05) is 25.4 Å². The van der Waals surface area contributed by atoms with Crippen LogP contribution >= 0.6 is 11.6 Å². The molecule has 7 heteroatoms. The summed E-state index contributed by atoms with van der Waals surface area (Å²) in [7, 11) is 0. The maximum atomic E-state index is 6.14. The first-order valence-corrected chi connectivity index (χ1v) is 7.60. The molecular weight excluding hydrogens is 288 g/mol. The Labute approximate surface area is 128 Å².